The summed E-state index contributed by atoms with van der Waals surface area (Å²) in [5, 5.41) is 3.75. The van der Waals surface area contributed by atoms with Crippen molar-refractivity contribution in [2.45, 2.75) is 24.5 Å². The number of guanidine groups is 1. The zero-order valence-corrected chi connectivity index (χ0v) is 17.1. The first-order valence-corrected chi connectivity index (χ1v) is 9.98. The Kier molecular flexibility index (Phi) is 6.38. The fourth-order valence-corrected chi connectivity index (χ4v) is 3.38. The number of benzene rings is 2. The average Bonchev–Trinajstić information content (AvgIpc) is 2.64. The van der Waals surface area contributed by atoms with Crippen molar-refractivity contribution in [2.24, 2.45) is 5.73 Å². The number of aromatic nitrogens is 2. The minimum Gasteiger partial charge on any atom is -0.322 e. The molecule has 3 aromatic rings. The van der Waals surface area contributed by atoms with Gasteiger partial charge in [0.05, 0.1) is 11.4 Å². The average molecular weight is 415 g/mol. The summed E-state index contributed by atoms with van der Waals surface area (Å²) in [6.45, 7) is 4.08. The fraction of sp³-hybridized carbons (Fsp3) is 0.150. The Morgan fingerprint density at radius 3 is 2.64 bits per heavy atom. The first-order chi connectivity index (χ1) is 13.4. The first-order valence-electron chi connectivity index (χ1n) is 8.61. The second kappa shape index (κ2) is 8.95. The van der Waals surface area contributed by atoms with Gasteiger partial charge in [-0.15, -0.1) is 16.7 Å². The predicted molar refractivity (Wildman–Crippen MR) is 115 cm³/mol. The van der Waals surface area contributed by atoms with Crippen molar-refractivity contribution >= 4 is 41.0 Å². The van der Waals surface area contributed by atoms with Crippen molar-refractivity contribution in [1.82, 2.24) is 9.97 Å². The van der Waals surface area contributed by atoms with Gasteiger partial charge in [0.1, 0.15) is 5.69 Å². The number of hydrogen-bond donors (Lipinski definition) is 4. The molecule has 1 heterocycles. The summed E-state index contributed by atoms with van der Waals surface area (Å²) in [5.74, 6) is 1.10. The van der Waals surface area contributed by atoms with Crippen LogP contribution in [0.25, 0.3) is 0 Å². The number of halogens is 1. The van der Waals surface area contributed by atoms with E-state index in [9.17, 15) is 4.79 Å². The SMILES string of the molecule is Cc1ccc(NC(N)=[NH+]c2nc(CSc3ccc(Cl)cc3)cc(=O)[nH]2)cc1C. The highest BCUT2D eigenvalue weighted by molar-refractivity contribution is 7.98. The molecule has 1 aromatic heterocycles. The maximum absolute atomic E-state index is 12.0. The van der Waals surface area contributed by atoms with E-state index < -0.39 is 0 Å². The van der Waals surface area contributed by atoms with Gasteiger partial charge in [0.25, 0.3) is 11.5 Å². The third kappa shape index (κ3) is 5.61. The summed E-state index contributed by atoms with van der Waals surface area (Å²) in [4.78, 5) is 23.0. The van der Waals surface area contributed by atoms with Crippen LogP contribution in [0.1, 0.15) is 16.8 Å². The van der Waals surface area contributed by atoms with Crippen molar-refractivity contribution in [1.29, 1.82) is 0 Å². The molecule has 6 nitrogen and oxygen atoms in total. The number of hydrogen-bond acceptors (Lipinski definition) is 3. The van der Waals surface area contributed by atoms with Gasteiger partial charge in [0, 0.05) is 16.0 Å². The number of aromatic amines is 1. The molecule has 28 heavy (non-hydrogen) atoms. The highest BCUT2D eigenvalue weighted by Gasteiger charge is 2.08. The van der Waals surface area contributed by atoms with Gasteiger partial charge in [-0.3, -0.25) is 10.1 Å². The maximum atomic E-state index is 12.0. The van der Waals surface area contributed by atoms with Gasteiger partial charge in [0.15, 0.2) is 0 Å². The Hall–Kier alpha value is -2.77. The molecule has 0 unspecified atom stereocenters. The molecule has 0 radical (unpaired) electrons. The second-order valence-corrected chi connectivity index (χ2v) is 7.78. The third-order valence-corrected chi connectivity index (χ3v) is 5.33. The molecule has 2 aromatic carbocycles. The Balaban J connectivity index is 1.72. The van der Waals surface area contributed by atoms with E-state index in [1.165, 1.54) is 11.6 Å². The van der Waals surface area contributed by atoms with E-state index in [0.717, 1.165) is 16.1 Å². The number of aryl methyl sites for hydroxylation is 2. The first kappa shape index (κ1) is 20.0. The molecule has 144 valence electrons. The number of anilines is 1. The Bertz CT molecular complexity index is 1060. The molecule has 0 amide bonds. The molecule has 0 aliphatic rings. The summed E-state index contributed by atoms with van der Waals surface area (Å²) in [6, 6.07) is 14.9. The molecule has 0 fully saturated rings. The van der Waals surface area contributed by atoms with Gasteiger partial charge in [-0.1, -0.05) is 17.7 Å². The van der Waals surface area contributed by atoms with Crippen LogP contribution in [0.2, 0.25) is 5.02 Å². The molecule has 0 bridgehead atoms. The second-order valence-electron chi connectivity index (χ2n) is 6.29. The van der Waals surface area contributed by atoms with Crippen LogP contribution < -0.4 is 21.6 Å². The van der Waals surface area contributed by atoms with Gasteiger partial charge in [-0.25, -0.2) is 9.98 Å². The number of H-pyrrole nitrogens is 1. The molecule has 0 atom stereocenters. The van der Waals surface area contributed by atoms with E-state index in [4.69, 9.17) is 17.3 Å². The summed E-state index contributed by atoms with van der Waals surface area (Å²) in [7, 11) is 0. The lowest BCUT2D eigenvalue weighted by Crippen LogP contribution is -2.73. The van der Waals surface area contributed by atoms with Crippen LogP contribution in [-0.2, 0) is 5.75 Å². The highest BCUT2D eigenvalue weighted by atomic mass is 35.5. The fourth-order valence-electron chi connectivity index (χ4n) is 2.46. The summed E-state index contributed by atoms with van der Waals surface area (Å²) in [5.41, 5.74) is 9.63. The summed E-state index contributed by atoms with van der Waals surface area (Å²) < 4.78 is 0. The van der Waals surface area contributed by atoms with E-state index in [0.29, 0.717) is 16.5 Å². The van der Waals surface area contributed by atoms with Crippen molar-refractivity contribution < 1.29 is 4.99 Å². The zero-order chi connectivity index (χ0) is 20.1. The topological polar surface area (TPSA) is 97.8 Å². The maximum Gasteiger partial charge on any atom is 0.325 e. The predicted octanol–water partition coefficient (Wildman–Crippen LogP) is 2.47. The van der Waals surface area contributed by atoms with E-state index in [2.05, 4.69) is 20.3 Å². The van der Waals surface area contributed by atoms with E-state index in [1.807, 2.05) is 56.3 Å². The smallest absolute Gasteiger partial charge is 0.322 e. The molecule has 0 saturated carbocycles. The molecule has 5 N–H and O–H groups in total. The normalized spacial score (nSPS) is 11.5. The van der Waals surface area contributed by atoms with Crippen molar-refractivity contribution in [3.8, 4) is 0 Å². The van der Waals surface area contributed by atoms with E-state index in [1.54, 1.807) is 11.8 Å². The number of nitrogens with two attached hydrogens (primary N) is 1. The summed E-state index contributed by atoms with van der Waals surface area (Å²) >= 11 is 7.47. The van der Waals surface area contributed by atoms with Crippen LogP contribution in [-0.4, -0.2) is 15.9 Å². The number of rotatable bonds is 5. The Labute approximate surface area is 172 Å². The van der Waals surface area contributed by atoms with Crippen molar-refractivity contribution in [3.05, 3.63) is 80.7 Å². The standard InChI is InChI=1S/C20H20ClN5OS/c1-12-3-6-15(9-13(12)2)23-19(22)26-20-24-16(10-18(27)25-20)11-28-17-7-4-14(21)5-8-17/h3-10H,11H2,1-2H3,(H4,22,23,24,25,26,27)/p+1. The molecule has 8 heteroatoms. The monoisotopic (exact) mass is 414 g/mol. The van der Waals surface area contributed by atoms with E-state index >= 15 is 0 Å². The largest absolute Gasteiger partial charge is 0.325 e. The number of nitrogens with one attached hydrogen (secondary N) is 3. The van der Waals surface area contributed by atoms with E-state index in [-0.39, 0.29) is 17.5 Å². The zero-order valence-electron chi connectivity index (χ0n) is 15.5. The molecule has 0 aliphatic heterocycles. The lowest BCUT2D eigenvalue weighted by atomic mass is 10.1. The van der Waals surface area contributed by atoms with Gasteiger partial charge in [0.2, 0.25) is 0 Å². The van der Waals surface area contributed by atoms with Crippen molar-refractivity contribution in [2.75, 3.05) is 5.32 Å². The minimum atomic E-state index is -0.247. The lowest BCUT2D eigenvalue weighted by Gasteiger charge is -2.05. The molecule has 3 rings (SSSR count). The van der Waals surface area contributed by atoms with Gasteiger partial charge in [-0.05, 0) is 61.4 Å². The molecule has 0 aliphatic carbocycles. The Morgan fingerprint density at radius 2 is 1.93 bits per heavy atom. The van der Waals surface area contributed by atoms with Gasteiger partial charge in [-0.2, -0.15) is 0 Å². The van der Waals surface area contributed by atoms with Gasteiger partial charge < -0.3 is 5.73 Å². The number of nitrogens with zero attached hydrogens (tertiary/aromatic N) is 1. The van der Waals surface area contributed by atoms with Crippen LogP contribution in [0.5, 0.6) is 0 Å². The minimum absolute atomic E-state index is 0.247. The molecule has 0 spiro atoms. The molecular weight excluding hydrogens is 394 g/mol. The van der Waals surface area contributed by atoms with Crippen LogP contribution >= 0.6 is 23.4 Å². The number of thioether (sulfide) groups is 1. The highest BCUT2D eigenvalue weighted by Crippen LogP contribution is 2.23. The Morgan fingerprint density at radius 1 is 1.18 bits per heavy atom. The molecular formula is C20H21ClN5OS+. The molecule has 0 saturated heterocycles. The quantitative estimate of drug-likeness (QED) is 0.292. The van der Waals surface area contributed by atoms with Crippen LogP contribution in [0.15, 0.2) is 58.2 Å². The third-order valence-electron chi connectivity index (χ3n) is 4.03. The lowest BCUT2D eigenvalue weighted by molar-refractivity contribution is -0.365. The van der Waals surface area contributed by atoms with Crippen LogP contribution in [0, 0.1) is 13.8 Å². The summed E-state index contributed by atoms with van der Waals surface area (Å²) in [6.07, 6.45) is 0. The van der Waals surface area contributed by atoms with Gasteiger partial charge >= 0.3 is 5.95 Å². The van der Waals surface area contributed by atoms with Crippen LogP contribution in [0.3, 0.4) is 0 Å². The van der Waals surface area contributed by atoms with Crippen molar-refractivity contribution in [3.63, 3.8) is 0 Å². The van der Waals surface area contributed by atoms with Crippen LogP contribution in [0.4, 0.5) is 11.6 Å².